The Morgan fingerprint density at radius 2 is 1.92 bits per heavy atom. The van der Waals surface area contributed by atoms with Crippen LogP contribution in [0.25, 0.3) is 10.9 Å². The van der Waals surface area contributed by atoms with E-state index in [-0.39, 0.29) is 19.1 Å². The first kappa shape index (κ1) is 27.5. The van der Waals surface area contributed by atoms with Crippen molar-refractivity contribution in [2.75, 3.05) is 26.5 Å². The highest BCUT2D eigenvalue weighted by Gasteiger charge is 2.30. The minimum Gasteiger partial charge on any atom is -0.497 e. The molecule has 204 valence electrons. The number of ether oxygens (including phenoxy) is 2. The summed E-state index contributed by atoms with van der Waals surface area (Å²) in [5.74, 6) is 0.584. The molecule has 3 N–H and O–H groups in total. The molecule has 0 bridgehead atoms. The Hall–Kier alpha value is -3.57. The van der Waals surface area contributed by atoms with Gasteiger partial charge in [0.25, 0.3) is 0 Å². The van der Waals surface area contributed by atoms with Crippen molar-refractivity contribution in [3.8, 4) is 5.75 Å². The normalized spacial score (nSPS) is 14.1. The number of amides is 2. The lowest BCUT2D eigenvalue weighted by Gasteiger charge is -2.31. The van der Waals surface area contributed by atoms with Crippen LogP contribution in [0.2, 0.25) is 0 Å². The van der Waals surface area contributed by atoms with Gasteiger partial charge in [0.2, 0.25) is 15.9 Å². The number of hydrogen-bond donors (Lipinski definition) is 3. The fourth-order valence-corrected chi connectivity index (χ4v) is 5.17. The van der Waals surface area contributed by atoms with E-state index in [4.69, 9.17) is 9.47 Å². The minimum atomic E-state index is -3.28. The summed E-state index contributed by atoms with van der Waals surface area (Å²) in [5.41, 5.74) is 3.97. The Labute approximate surface area is 222 Å². The summed E-state index contributed by atoms with van der Waals surface area (Å²) in [5, 5.41) is 3.83. The number of rotatable bonds is 11. The van der Waals surface area contributed by atoms with E-state index in [1.807, 2.05) is 48.5 Å². The van der Waals surface area contributed by atoms with E-state index in [1.165, 1.54) is 5.56 Å². The molecule has 0 fully saturated rings. The Balaban J connectivity index is 1.42. The van der Waals surface area contributed by atoms with Crippen molar-refractivity contribution in [3.63, 3.8) is 0 Å². The van der Waals surface area contributed by atoms with Crippen LogP contribution >= 0.6 is 0 Å². The summed E-state index contributed by atoms with van der Waals surface area (Å²) in [6, 6.07) is 14.4. The monoisotopic (exact) mass is 542 g/mol. The summed E-state index contributed by atoms with van der Waals surface area (Å²) in [6.45, 7) is 1.28. The second-order valence-corrected chi connectivity index (χ2v) is 11.3. The van der Waals surface area contributed by atoms with Gasteiger partial charge in [0.1, 0.15) is 18.4 Å². The van der Waals surface area contributed by atoms with Crippen LogP contribution in [-0.2, 0) is 39.1 Å². The molecule has 0 radical (unpaired) electrons. The number of methoxy groups -OCH3 is 1. The second kappa shape index (κ2) is 12.3. The molecule has 3 aromatic rings. The highest BCUT2D eigenvalue weighted by atomic mass is 32.2. The van der Waals surface area contributed by atoms with Gasteiger partial charge in [-0.05, 0) is 55.0 Å². The minimum absolute atomic E-state index is 0.0947. The van der Waals surface area contributed by atoms with E-state index >= 15 is 0 Å². The lowest BCUT2D eigenvalue weighted by atomic mass is 10.0. The average molecular weight is 543 g/mol. The van der Waals surface area contributed by atoms with Crippen LogP contribution < -0.4 is 14.8 Å². The number of aromatic nitrogens is 1. The molecule has 0 saturated carbocycles. The topological polar surface area (TPSA) is 130 Å². The number of H-pyrrole nitrogens is 1. The summed E-state index contributed by atoms with van der Waals surface area (Å²) in [7, 11) is -1.65. The van der Waals surface area contributed by atoms with Crippen molar-refractivity contribution >= 4 is 32.9 Å². The molecule has 4 rings (SSSR count). The third-order valence-electron chi connectivity index (χ3n) is 6.58. The van der Waals surface area contributed by atoms with Crippen LogP contribution in [-0.4, -0.2) is 62.8 Å². The predicted octanol–water partition coefficient (Wildman–Crippen LogP) is 3.08. The standard InChI is InChI=1S/C27H34N4O6S/c1-36-20-11-12-23-22(16-20)21-13-15-31(17-25(21)29-23)26(32)24(10-6-7-14-28-38(2,34)35)30-27(33)37-18-19-8-4-3-5-9-19/h3-5,8-9,11-12,16,24,28-29H,6-7,10,13-15,17-18H2,1-2H3,(H,30,33)/t24-/m0/s1. The van der Waals surface area contributed by atoms with Gasteiger partial charge in [-0.15, -0.1) is 0 Å². The summed E-state index contributed by atoms with van der Waals surface area (Å²) in [4.78, 5) is 31.3. The van der Waals surface area contributed by atoms with E-state index < -0.39 is 22.2 Å². The molecule has 2 amide bonds. The van der Waals surface area contributed by atoms with Gasteiger partial charge in [-0.25, -0.2) is 17.9 Å². The maximum absolute atomic E-state index is 13.6. The number of aromatic amines is 1. The van der Waals surface area contributed by atoms with Gasteiger partial charge in [0.15, 0.2) is 0 Å². The number of unbranched alkanes of at least 4 members (excludes halogenated alkanes) is 1. The molecule has 10 nitrogen and oxygen atoms in total. The molecule has 0 saturated heterocycles. The van der Waals surface area contributed by atoms with E-state index in [1.54, 1.807) is 12.0 Å². The van der Waals surface area contributed by atoms with Crippen LogP contribution in [0.3, 0.4) is 0 Å². The molecule has 38 heavy (non-hydrogen) atoms. The fourth-order valence-electron chi connectivity index (χ4n) is 4.65. The molecule has 11 heteroatoms. The molecule has 0 unspecified atom stereocenters. The number of sulfonamides is 1. The fraction of sp³-hybridized carbons (Fsp3) is 0.407. The molecule has 0 aliphatic carbocycles. The highest BCUT2D eigenvalue weighted by molar-refractivity contribution is 7.88. The van der Waals surface area contributed by atoms with Crippen LogP contribution in [0, 0.1) is 0 Å². The average Bonchev–Trinajstić information content (AvgIpc) is 3.27. The number of fused-ring (bicyclic) bond motifs is 3. The molecule has 1 aromatic heterocycles. The second-order valence-electron chi connectivity index (χ2n) is 9.42. The van der Waals surface area contributed by atoms with Crippen molar-refractivity contribution < 1.29 is 27.5 Å². The number of nitrogens with one attached hydrogen (secondary N) is 3. The lowest BCUT2D eigenvalue weighted by molar-refractivity contribution is -0.134. The molecule has 1 atom stereocenters. The maximum atomic E-state index is 13.6. The zero-order valence-corrected chi connectivity index (χ0v) is 22.5. The smallest absolute Gasteiger partial charge is 0.408 e. The first-order valence-electron chi connectivity index (χ1n) is 12.6. The first-order valence-corrected chi connectivity index (χ1v) is 14.5. The van der Waals surface area contributed by atoms with Gasteiger partial charge in [-0.2, -0.15) is 0 Å². The first-order chi connectivity index (χ1) is 18.2. The largest absolute Gasteiger partial charge is 0.497 e. The maximum Gasteiger partial charge on any atom is 0.408 e. The van der Waals surface area contributed by atoms with Crippen LogP contribution in [0.5, 0.6) is 5.75 Å². The predicted molar refractivity (Wildman–Crippen MR) is 144 cm³/mol. The zero-order valence-electron chi connectivity index (χ0n) is 21.7. The van der Waals surface area contributed by atoms with Gasteiger partial charge in [0.05, 0.1) is 19.9 Å². The van der Waals surface area contributed by atoms with Gasteiger partial charge >= 0.3 is 6.09 Å². The summed E-state index contributed by atoms with van der Waals surface area (Å²) >= 11 is 0. The molecular formula is C27H34N4O6S. The zero-order chi connectivity index (χ0) is 27.1. The third kappa shape index (κ3) is 7.26. The Kier molecular flexibility index (Phi) is 8.90. The number of nitrogens with zero attached hydrogens (tertiary/aromatic N) is 1. The SMILES string of the molecule is COc1ccc2[nH]c3c(c2c1)CCN(C(=O)[C@H](CCCCNS(C)(=O)=O)NC(=O)OCc1ccccc1)C3. The van der Waals surface area contributed by atoms with Gasteiger partial charge in [0, 0.05) is 29.7 Å². The lowest BCUT2D eigenvalue weighted by Crippen LogP contribution is -2.50. The summed E-state index contributed by atoms with van der Waals surface area (Å²) < 4.78 is 35.8. The van der Waals surface area contributed by atoms with Crippen LogP contribution in [0.4, 0.5) is 4.79 Å². The van der Waals surface area contributed by atoms with E-state index in [0.29, 0.717) is 38.8 Å². The Bertz CT molecular complexity index is 1370. The molecule has 2 heterocycles. The number of benzene rings is 2. The van der Waals surface area contributed by atoms with E-state index in [9.17, 15) is 18.0 Å². The number of carbonyl (C=O) groups is 2. The molecule has 0 spiro atoms. The van der Waals surface area contributed by atoms with Crippen molar-refractivity contribution in [2.45, 2.75) is 44.9 Å². The molecule has 1 aliphatic heterocycles. The highest BCUT2D eigenvalue weighted by Crippen LogP contribution is 2.30. The van der Waals surface area contributed by atoms with Gasteiger partial charge in [-0.3, -0.25) is 4.79 Å². The molecular weight excluding hydrogens is 508 g/mol. The molecule has 1 aliphatic rings. The number of carbonyl (C=O) groups excluding carboxylic acids is 2. The Morgan fingerprint density at radius 1 is 1.13 bits per heavy atom. The number of alkyl carbamates (subject to hydrolysis) is 1. The van der Waals surface area contributed by atoms with Gasteiger partial charge in [-0.1, -0.05) is 30.3 Å². The van der Waals surface area contributed by atoms with E-state index in [0.717, 1.165) is 34.2 Å². The van der Waals surface area contributed by atoms with Crippen molar-refractivity contribution in [1.29, 1.82) is 0 Å². The molecule has 2 aromatic carbocycles. The summed E-state index contributed by atoms with van der Waals surface area (Å²) in [6.07, 6.45) is 2.55. The van der Waals surface area contributed by atoms with E-state index in [2.05, 4.69) is 15.0 Å². The van der Waals surface area contributed by atoms with Crippen LogP contribution in [0.1, 0.15) is 36.1 Å². The third-order valence-corrected chi connectivity index (χ3v) is 7.31. The number of hydrogen-bond acceptors (Lipinski definition) is 6. The van der Waals surface area contributed by atoms with Crippen molar-refractivity contribution in [2.24, 2.45) is 0 Å². The van der Waals surface area contributed by atoms with Crippen molar-refractivity contribution in [1.82, 2.24) is 19.9 Å². The quantitative estimate of drug-likeness (QED) is 0.319. The Morgan fingerprint density at radius 3 is 2.66 bits per heavy atom. The van der Waals surface area contributed by atoms with Crippen LogP contribution in [0.15, 0.2) is 48.5 Å². The van der Waals surface area contributed by atoms with Gasteiger partial charge < -0.3 is 24.7 Å². The van der Waals surface area contributed by atoms with Crippen molar-refractivity contribution in [3.05, 3.63) is 65.4 Å².